The molecule has 208 valence electrons. The zero-order valence-electron chi connectivity index (χ0n) is 23.1. The molecule has 2 fully saturated rings. The van der Waals surface area contributed by atoms with Crippen molar-refractivity contribution in [3.63, 3.8) is 0 Å². The Bertz CT molecular complexity index is 1420. The summed E-state index contributed by atoms with van der Waals surface area (Å²) in [4.78, 5) is 18.9. The van der Waals surface area contributed by atoms with Crippen molar-refractivity contribution < 1.29 is 14.3 Å². The molecule has 0 bridgehead atoms. The quantitative estimate of drug-likeness (QED) is 0.138. The van der Waals surface area contributed by atoms with Crippen LogP contribution in [0.2, 0.25) is 0 Å². The van der Waals surface area contributed by atoms with Crippen molar-refractivity contribution >= 4 is 27.2 Å². The number of thiophene rings is 1. The number of likely N-dealkylation sites (tertiary alicyclic amines) is 2. The summed E-state index contributed by atoms with van der Waals surface area (Å²) in [7, 11) is 0. The third-order valence-corrected chi connectivity index (χ3v) is 9.05. The molecule has 3 heterocycles. The summed E-state index contributed by atoms with van der Waals surface area (Å²) >= 11 is 1.61. The van der Waals surface area contributed by atoms with Crippen LogP contribution >= 0.6 is 11.3 Å². The van der Waals surface area contributed by atoms with Gasteiger partial charge in [0.05, 0.1) is 6.61 Å². The number of ketones is 1. The van der Waals surface area contributed by atoms with Gasteiger partial charge in [0.2, 0.25) is 0 Å². The molecule has 0 radical (unpaired) electrons. The third kappa shape index (κ3) is 6.41. The summed E-state index contributed by atoms with van der Waals surface area (Å²) < 4.78 is 13.3. The highest BCUT2D eigenvalue weighted by Gasteiger charge is 2.20. The molecule has 2 saturated heterocycles. The van der Waals surface area contributed by atoms with Crippen LogP contribution in [0.5, 0.6) is 11.5 Å². The van der Waals surface area contributed by atoms with E-state index in [0.29, 0.717) is 18.8 Å². The monoisotopic (exact) mass is 554 g/mol. The SMILES string of the molecule is O=C(c1ccc(OCCCN2CCCC2)cc1-c1ccc(OCCN2CCCC2)cc1)c1csc2ccccc12. The van der Waals surface area contributed by atoms with E-state index < -0.39 is 0 Å². The Morgan fingerprint density at radius 3 is 2.17 bits per heavy atom. The van der Waals surface area contributed by atoms with Gasteiger partial charge in [-0.2, -0.15) is 0 Å². The fourth-order valence-corrected chi connectivity index (χ4v) is 6.80. The second kappa shape index (κ2) is 13.0. The van der Waals surface area contributed by atoms with Gasteiger partial charge in [-0.05, 0) is 106 Å². The Labute approximate surface area is 241 Å². The fourth-order valence-electron chi connectivity index (χ4n) is 5.86. The molecular weight excluding hydrogens is 516 g/mol. The van der Waals surface area contributed by atoms with E-state index in [-0.39, 0.29) is 5.78 Å². The number of carbonyl (C=O) groups excluding carboxylic acids is 1. The van der Waals surface area contributed by atoms with Crippen molar-refractivity contribution in [1.29, 1.82) is 0 Å². The van der Waals surface area contributed by atoms with Crippen LogP contribution in [0.25, 0.3) is 21.2 Å². The molecule has 40 heavy (non-hydrogen) atoms. The maximum absolute atomic E-state index is 13.9. The molecule has 3 aromatic carbocycles. The number of benzene rings is 3. The Morgan fingerprint density at radius 1 is 0.725 bits per heavy atom. The molecule has 5 nitrogen and oxygen atoms in total. The van der Waals surface area contributed by atoms with Crippen LogP contribution < -0.4 is 9.47 Å². The standard InChI is InChI=1S/C34H38N2O3S/c37-34(32-25-40-33-9-2-1-8-29(32)33)30-15-14-28(38-22-7-20-35-16-3-4-17-35)24-31(30)26-10-12-27(13-11-26)39-23-21-36-18-5-6-19-36/h1-2,8-15,24-25H,3-7,16-23H2. The molecule has 0 aliphatic carbocycles. The molecule has 1 aromatic heterocycles. The molecule has 0 spiro atoms. The van der Waals surface area contributed by atoms with Gasteiger partial charge in [0.1, 0.15) is 18.1 Å². The van der Waals surface area contributed by atoms with Crippen LogP contribution in [-0.4, -0.2) is 68.1 Å². The number of hydrogen-bond acceptors (Lipinski definition) is 6. The van der Waals surface area contributed by atoms with E-state index in [2.05, 4.69) is 28.0 Å². The van der Waals surface area contributed by atoms with E-state index in [1.165, 1.54) is 51.9 Å². The van der Waals surface area contributed by atoms with E-state index in [0.717, 1.165) is 57.8 Å². The largest absolute Gasteiger partial charge is 0.494 e. The molecule has 6 rings (SSSR count). The van der Waals surface area contributed by atoms with Crippen LogP contribution in [0.1, 0.15) is 48.0 Å². The number of hydrogen-bond donors (Lipinski definition) is 0. The smallest absolute Gasteiger partial charge is 0.195 e. The lowest BCUT2D eigenvalue weighted by Gasteiger charge is -2.16. The first-order valence-electron chi connectivity index (χ1n) is 14.7. The zero-order valence-corrected chi connectivity index (χ0v) is 24.0. The van der Waals surface area contributed by atoms with Gasteiger partial charge >= 0.3 is 0 Å². The topological polar surface area (TPSA) is 42.0 Å². The number of rotatable bonds is 12. The molecule has 2 aliphatic heterocycles. The van der Waals surface area contributed by atoms with Crippen LogP contribution in [0.4, 0.5) is 0 Å². The van der Waals surface area contributed by atoms with Gasteiger partial charge < -0.3 is 14.4 Å². The summed E-state index contributed by atoms with van der Waals surface area (Å²) in [6.07, 6.45) is 6.19. The minimum atomic E-state index is 0.0407. The normalized spacial score (nSPS) is 16.1. The Balaban J connectivity index is 1.21. The molecule has 2 aliphatic rings. The molecule has 0 unspecified atom stereocenters. The summed E-state index contributed by atoms with van der Waals surface area (Å²) in [6.45, 7) is 8.16. The fraction of sp³-hybridized carbons (Fsp3) is 0.382. The zero-order chi connectivity index (χ0) is 27.1. The predicted molar refractivity (Wildman–Crippen MR) is 164 cm³/mol. The Morgan fingerprint density at radius 2 is 1.40 bits per heavy atom. The predicted octanol–water partition coefficient (Wildman–Crippen LogP) is 7.14. The van der Waals surface area contributed by atoms with Gasteiger partial charge in [0.25, 0.3) is 0 Å². The van der Waals surface area contributed by atoms with Crippen LogP contribution in [0.3, 0.4) is 0 Å². The molecular formula is C34H38N2O3S. The third-order valence-electron chi connectivity index (χ3n) is 8.09. The molecule has 0 N–H and O–H groups in total. The molecule has 0 amide bonds. The summed E-state index contributed by atoms with van der Waals surface area (Å²) in [6, 6.07) is 22.1. The number of ether oxygens (including phenoxy) is 2. The second-order valence-corrected chi connectivity index (χ2v) is 11.8. The van der Waals surface area contributed by atoms with E-state index in [4.69, 9.17) is 9.47 Å². The minimum absolute atomic E-state index is 0.0407. The minimum Gasteiger partial charge on any atom is -0.494 e. The maximum Gasteiger partial charge on any atom is 0.195 e. The van der Waals surface area contributed by atoms with Gasteiger partial charge in [0.15, 0.2) is 5.78 Å². The number of fused-ring (bicyclic) bond motifs is 1. The van der Waals surface area contributed by atoms with Crippen molar-refractivity contribution in [3.8, 4) is 22.6 Å². The lowest BCUT2D eigenvalue weighted by Crippen LogP contribution is -2.25. The van der Waals surface area contributed by atoms with Gasteiger partial charge in [-0.3, -0.25) is 9.69 Å². The average molecular weight is 555 g/mol. The van der Waals surface area contributed by atoms with E-state index in [1.54, 1.807) is 11.3 Å². The molecule has 4 aromatic rings. The average Bonchev–Trinajstić information content (AvgIpc) is 3.78. The molecule has 0 atom stereocenters. The van der Waals surface area contributed by atoms with Crippen molar-refractivity contribution in [2.45, 2.75) is 32.1 Å². The van der Waals surface area contributed by atoms with E-state index >= 15 is 0 Å². The maximum atomic E-state index is 13.9. The first kappa shape index (κ1) is 27.0. The highest BCUT2D eigenvalue weighted by Crippen LogP contribution is 2.34. The van der Waals surface area contributed by atoms with Gasteiger partial charge in [0, 0.05) is 39.7 Å². The van der Waals surface area contributed by atoms with Crippen molar-refractivity contribution in [2.24, 2.45) is 0 Å². The first-order chi connectivity index (χ1) is 19.7. The number of nitrogens with zero attached hydrogens (tertiary/aromatic N) is 2. The summed E-state index contributed by atoms with van der Waals surface area (Å²) in [5.41, 5.74) is 3.32. The highest BCUT2D eigenvalue weighted by molar-refractivity contribution is 7.17. The highest BCUT2D eigenvalue weighted by atomic mass is 32.1. The first-order valence-corrected chi connectivity index (χ1v) is 15.6. The second-order valence-electron chi connectivity index (χ2n) is 10.9. The Kier molecular flexibility index (Phi) is 8.77. The van der Waals surface area contributed by atoms with Gasteiger partial charge in [-0.15, -0.1) is 11.3 Å². The van der Waals surface area contributed by atoms with Gasteiger partial charge in [-0.25, -0.2) is 0 Å². The summed E-state index contributed by atoms with van der Waals surface area (Å²) in [5, 5.41) is 2.99. The lowest BCUT2D eigenvalue weighted by atomic mass is 9.93. The van der Waals surface area contributed by atoms with Crippen LogP contribution in [0, 0.1) is 0 Å². The van der Waals surface area contributed by atoms with Gasteiger partial charge in [-0.1, -0.05) is 30.3 Å². The van der Waals surface area contributed by atoms with Crippen molar-refractivity contribution in [3.05, 3.63) is 83.2 Å². The summed E-state index contributed by atoms with van der Waals surface area (Å²) in [5.74, 6) is 1.70. The number of carbonyl (C=O) groups is 1. The van der Waals surface area contributed by atoms with Crippen molar-refractivity contribution in [1.82, 2.24) is 9.80 Å². The van der Waals surface area contributed by atoms with E-state index in [9.17, 15) is 4.79 Å². The van der Waals surface area contributed by atoms with Crippen LogP contribution in [0.15, 0.2) is 72.1 Å². The van der Waals surface area contributed by atoms with Crippen LogP contribution in [-0.2, 0) is 0 Å². The Hall–Kier alpha value is -3.19. The lowest BCUT2D eigenvalue weighted by molar-refractivity contribution is 0.104. The van der Waals surface area contributed by atoms with Crippen molar-refractivity contribution in [2.75, 3.05) is 52.5 Å². The van der Waals surface area contributed by atoms with E-state index in [1.807, 2.05) is 53.9 Å². The molecule has 6 heteroatoms. The molecule has 0 saturated carbocycles.